The Morgan fingerprint density at radius 1 is 0.811 bits per heavy atom. The van der Waals surface area contributed by atoms with E-state index in [9.17, 15) is 22.8 Å². The van der Waals surface area contributed by atoms with Gasteiger partial charge >= 0.3 is 11.9 Å². The maximum atomic E-state index is 13.1. The zero-order valence-electron chi connectivity index (χ0n) is 20.6. The number of ether oxygens (including phenoxy) is 3. The van der Waals surface area contributed by atoms with E-state index in [1.807, 2.05) is 18.2 Å². The maximum Gasteiger partial charge on any atom is 0.337 e. The van der Waals surface area contributed by atoms with Crippen LogP contribution in [0, 0.1) is 0 Å². The van der Waals surface area contributed by atoms with Gasteiger partial charge in [0.05, 0.1) is 37.3 Å². The number of rotatable bonds is 9. The van der Waals surface area contributed by atoms with Gasteiger partial charge in [0.15, 0.2) is 0 Å². The van der Waals surface area contributed by atoms with Gasteiger partial charge in [-0.15, -0.1) is 0 Å². The van der Waals surface area contributed by atoms with E-state index >= 15 is 0 Å². The van der Waals surface area contributed by atoms with E-state index in [-0.39, 0.29) is 22.5 Å². The Bertz CT molecular complexity index is 1360. The largest absolute Gasteiger partial charge is 0.465 e. The minimum atomic E-state index is -3.89. The Kier molecular flexibility index (Phi) is 8.51. The molecule has 0 aromatic heterocycles. The minimum Gasteiger partial charge on any atom is -0.465 e. The summed E-state index contributed by atoms with van der Waals surface area (Å²) in [7, 11) is -1.55. The lowest BCUT2D eigenvalue weighted by Crippen LogP contribution is -2.45. The van der Waals surface area contributed by atoms with Crippen LogP contribution in [0.5, 0.6) is 11.5 Å². The van der Waals surface area contributed by atoms with Crippen LogP contribution in [0.1, 0.15) is 27.6 Å². The molecular weight excluding hydrogens is 500 g/mol. The highest BCUT2D eigenvalue weighted by atomic mass is 32.2. The Labute approximate surface area is 214 Å². The lowest BCUT2D eigenvalue weighted by molar-refractivity contribution is -0.116. The van der Waals surface area contributed by atoms with Crippen molar-refractivity contribution in [2.24, 2.45) is 0 Å². The molecule has 194 valence electrons. The summed E-state index contributed by atoms with van der Waals surface area (Å²) in [5.41, 5.74) is 0.328. The second-order valence-electron chi connectivity index (χ2n) is 7.92. The molecule has 0 aliphatic heterocycles. The molecule has 0 saturated carbocycles. The Morgan fingerprint density at radius 2 is 1.32 bits per heavy atom. The molecule has 0 aliphatic rings. The molecule has 37 heavy (non-hydrogen) atoms. The number of benzene rings is 3. The molecule has 0 heterocycles. The van der Waals surface area contributed by atoms with Gasteiger partial charge in [-0.3, -0.25) is 9.10 Å². The van der Waals surface area contributed by atoms with E-state index in [2.05, 4.69) is 5.32 Å². The van der Waals surface area contributed by atoms with Crippen molar-refractivity contribution in [1.82, 2.24) is 0 Å². The second kappa shape index (κ2) is 11.6. The Hall–Kier alpha value is -4.38. The molecule has 0 spiro atoms. The molecule has 0 unspecified atom stereocenters. The van der Waals surface area contributed by atoms with Crippen LogP contribution in [0.4, 0.5) is 11.4 Å². The smallest absolute Gasteiger partial charge is 0.337 e. The van der Waals surface area contributed by atoms with Gasteiger partial charge in [0.25, 0.3) is 0 Å². The molecule has 1 atom stereocenters. The number of carbonyl (C=O) groups excluding carboxylic acids is 3. The van der Waals surface area contributed by atoms with Crippen LogP contribution in [0.25, 0.3) is 0 Å². The van der Waals surface area contributed by atoms with Crippen molar-refractivity contribution in [2.75, 3.05) is 30.1 Å². The molecule has 3 aromatic carbocycles. The molecule has 3 aromatic rings. The fraction of sp³-hybridized carbons (Fsp3) is 0.192. The minimum absolute atomic E-state index is 0.00215. The van der Waals surface area contributed by atoms with E-state index < -0.39 is 33.9 Å². The number of hydrogen-bond acceptors (Lipinski definition) is 8. The average Bonchev–Trinajstić information content (AvgIpc) is 2.88. The molecule has 0 fully saturated rings. The summed E-state index contributed by atoms with van der Waals surface area (Å²) in [5.74, 6) is -1.07. The summed E-state index contributed by atoms with van der Waals surface area (Å²) in [6, 6.07) is 18.0. The number of hydrogen-bond donors (Lipinski definition) is 1. The van der Waals surface area contributed by atoms with Crippen LogP contribution in [0.2, 0.25) is 0 Å². The van der Waals surface area contributed by atoms with Crippen molar-refractivity contribution >= 4 is 39.2 Å². The number of carbonyl (C=O) groups is 3. The van der Waals surface area contributed by atoms with Gasteiger partial charge in [0, 0.05) is 5.69 Å². The second-order valence-corrected chi connectivity index (χ2v) is 9.77. The molecule has 0 saturated heterocycles. The SMILES string of the molecule is COC(=O)c1cc(NC(=O)[C@@H](C)N(c2ccc(Oc3ccccc3)cc2)S(C)(=O)=O)cc(C(=O)OC)c1. The third-order valence-electron chi connectivity index (χ3n) is 5.20. The molecule has 0 radical (unpaired) electrons. The summed E-state index contributed by atoms with van der Waals surface area (Å²) in [4.78, 5) is 37.2. The standard InChI is InChI=1S/C26H26N2O8S/c1-17(24(29)27-20-15-18(25(30)34-2)14-19(16-20)26(31)35-3)28(37(4,32)33)21-10-12-23(13-11-21)36-22-8-6-5-7-9-22/h5-17H,1-4H3,(H,27,29)/t17-/m1/s1. The van der Waals surface area contributed by atoms with Crippen LogP contribution in [-0.2, 0) is 24.3 Å². The van der Waals surface area contributed by atoms with Crippen LogP contribution in [-0.4, -0.2) is 52.8 Å². The summed E-state index contributed by atoms with van der Waals surface area (Å²) < 4.78 is 41.4. The first kappa shape index (κ1) is 27.2. The van der Waals surface area contributed by atoms with Crippen LogP contribution in [0.15, 0.2) is 72.8 Å². The highest BCUT2D eigenvalue weighted by Gasteiger charge is 2.29. The van der Waals surface area contributed by atoms with E-state index in [1.54, 1.807) is 24.3 Å². The summed E-state index contributed by atoms with van der Waals surface area (Å²) >= 11 is 0. The molecule has 1 N–H and O–H groups in total. The fourth-order valence-electron chi connectivity index (χ4n) is 3.51. The first-order valence-electron chi connectivity index (χ1n) is 11.0. The number of nitrogens with one attached hydrogen (secondary N) is 1. The van der Waals surface area contributed by atoms with Gasteiger partial charge in [-0.05, 0) is 61.5 Å². The van der Waals surface area contributed by atoms with E-state index in [0.717, 1.165) is 10.6 Å². The van der Waals surface area contributed by atoms with Crippen molar-refractivity contribution in [2.45, 2.75) is 13.0 Å². The molecule has 0 bridgehead atoms. The van der Waals surface area contributed by atoms with E-state index in [0.29, 0.717) is 11.5 Å². The summed E-state index contributed by atoms with van der Waals surface area (Å²) in [6.45, 7) is 1.41. The Morgan fingerprint density at radius 3 is 1.81 bits per heavy atom. The topological polar surface area (TPSA) is 128 Å². The molecule has 3 rings (SSSR count). The number of methoxy groups -OCH3 is 2. The lowest BCUT2D eigenvalue weighted by Gasteiger charge is -2.28. The number of anilines is 2. The molecule has 0 aliphatic carbocycles. The fourth-order valence-corrected chi connectivity index (χ4v) is 4.69. The summed E-state index contributed by atoms with van der Waals surface area (Å²) in [6.07, 6.45) is 0.985. The number of amides is 1. The average molecular weight is 527 g/mol. The number of para-hydroxylation sites is 1. The predicted molar refractivity (Wildman–Crippen MR) is 137 cm³/mol. The van der Waals surface area contributed by atoms with Gasteiger partial charge in [-0.2, -0.15) is 0 Å². The zero-order valence-corrected chi connectivity index (χ0v) is 21.4. The highest BCUT2D eigenvalue weighted by Crippen LogP contribution is 2.27. The van der Waals surface area contributed by atoms with Crippen LogP contribution in [0.3, 0.4) is 0 Å². The van der Waals surface area contributed by atoms with Crippen LogP contribution >= 0.6 is 0 Å². The van der Waals surface area contributed by atoms with Crippen molar-refractivity contribution in [3.63, 3.8) is 0 Å². The number of nitrogens with zero attached hydrogens (tertiary/aromatic N) is 1. The maximum absolute atomic E-state index is 13.1. The third kappa shape index (κ3) is 6.85. The van der Waals surface area contributed by atoms with Gasteiger partial charge in [0.2, 0.25) is 15.9 Å². The number of sulfonamides is 1. The van der Waals surface area contributed by atoms with Crippen molar-refractivity contribution < 1.29 is 37.0 Å². The normalized spacial score (nSPS) is 11.7. The van der Waals surface area contributed by atoms with E-state index in [1.165, 1.54) is 51.5 Å². The molecule has 10 nitrogen and oxygen atoms in total. The molecule has 11 heteroatoms. The van der Waals surface area contributed by atoms with Gasteiger partial charge in [-0.1, -0.05) is 18.2 Å². The van der Waals surface area contributed by atoms with Crippen molar-refractivity contribution in [3.8, 4) is 11.5 Å². The zero-order chi connectivity index (χ0) is 27.2. The first-order valence-corrected chi connectivity index (χ1v) is 12.8. The van der Waals surface area contributed by atoms with Crippen molar-refractivity contribution in [3.05, 3.63) is 83.9 Å². The van der Waals surface area contributed by atoms with Gasteiger partial charge in [0.1, 0.15) is 17.5 Å². The first-order chi connectivity index (χ1) is 17.5. The van der Waals surface area contributed by atoms with E-state index in [4.69, 9.17) is 14.2 Å². The number of esters is 2. The van der Waals surface area contributed by atoms with Crippen molar-refractivity contribution in [1.29, 1.82) is 0 Å². The molecular formula is C26H26N2O8S. The molecule has 1 amide bonds. The van der Waals surface area contributed by atoms with Crippen LogP contribution < -0.4 is 14.4 Å². The van der Waals surface area contributed by atoms with Gasteiger partial charge < -0.3 is 19.5 Å². The third-order valence-corrected chi connectivity index (χ3v) is 6.44. The lowest BCUT2D eigenvalue weighted by atomic mass is 10.1. The monoisotopic (exact) mass is 526 g/mol. The highest BCUT2D eigenvalue weighted by molar-refractivity contribution is 7.92. The predicted octanol–water partition coefficient (Wildman–Crippen LogP) is 3.85. The quantitative estimate of drug-likeness (QED) is 0.417. The summed E-state index contributed by atoms with van der Waals surface area (Å²) in [5, 5.41) is 2.56. The van der Waals surface area contributed by atoms with Gasteiger partial charge in [-0.25, -0.2) is 18.0 Å². The Balaban J connectivity index is 1.87.